The number of fused-ring (bicyclic) bond motifs is 1. The fourth-order valence-corrected chi connectivity index (χ4v) is 4.83. The van der Waals surface area contributed by atoms with E-state index < -0.39 is 5.92 Å². The minimum Gasteiger partial charge on any atom is -0.354 e. The lowest BCUT2D eigenvalue weighted by Crippen LogP contribution is -2.35. The van der Waals surface area contributed by atoms with E-state index in [0.29, 0.717) is 47.4 Å². The first kappa shape index (κ1) is 22.7. The van der Waals surface area contributed by atoms with Gasteiger partial charge >= 0.3 is 0 Å². The van der Waals surface area contributed by atoms with Crippen LogP contribution in [0.3, 0.4) is 0 Å². The van der Waals surface area contributed by atoms with Crippen LogP contribution in [0.15, 0.2) is 24.3 Å². The van der Waals surface area contributed by atoms with Crippen molar-refractivity contribution in [1.29, 1.82) is 0 Å². The maximum Gasteiger partial charge on any atom is 0.253 e. The molecule has 2 heterocycles. The third-order valence-electron chi connectivity index (χ3n) is 6.34. The zero-order valence-corrected chi connectivity index (χ0v) is 18.7. The molecule has 1 atom stereocenters. The molecule has 2 N–H and O–H groups in total. The summed E-state index contributed by atoms with van der Waals surface area (Å²) in [5, 5.41) is 6.78. The maximum atomic E-state index is 13.4. The summed E-state index contributed by atoms with van der Waals surface area (Å²) in [6.07, 6.45) is 1.39. The molecular formula is C23H27ClF2N4O2. The van der Waals surface area contributed by atoms with Crippen molar-refractivity contribution < 1.29 is 18.4 Å². The molecule has 0 radical (unpaired) electrons. The van der Waals surface area contributed by atoms with Gasteiger partial charge in [0, 0.05) is 50.8 Å². The van der Waals surface area contributed by atoms with Crippen molar-refractivity contribution in [2.45, 2.75) is 51.0 Å². The predicted octanol–water partition coefficient (Wildman–Crippen LogP) is 4.16. The molecule has 1 saturated heterocycles. The number of rotatable bonds is 5. The van der Waals surface area contributed by atoms with Crippen molar-refractivity contribution >= 4 is 40.1 Å². The molecule has 2 aromatic rings. The Labute approximate surface area is 190 Å². The summed E-state index contributed by atoms with van der Waals surface area (Å²) >= 11 is 6.35. The Morgan fingerprint density at radius 3 is 2.66 bits per heavy atom. The standard InChI is InChI=1S/C23H27ClF2N4O2/c1-14(31)28-16-8-11-30(13-16)20-5-2-17-19(29-20)4-3-18(24)21(17)22(32)27-12-15-6-9-23(25,26)10-7-15/h2-5,15-16H,6-13H2,1H3,(H,27,32)(H,28,31). The second kappa shape index (κ2) is 9.17. The Morgan fingerprint density at radius 2 is 1.94 bits per heavy atom. The number of pyridine rings is 1. The van der Waals surface area contributed by atoms with Crippen molar-refractivity contribution in [3.63, 3.8) is 0 Å². The van der Waals surface area contributed by atoms with E-state index in [9.17, 15) is 18.4 Å². The Hall–Kier alpha value is -2.48. The molecule has 1 unspecified atom stereocenters. The quantitative estimate of drug-likeness (QED) is 0.696. The average Bonchev–Trinajstić information content (AvgIpc) is 3.20. The molecule has 0 spiro atoms. The summed E-state index contributed by atoms with van der Waals surface area (Å²) in [7, 11) is 0. The van der Waals surface area contributed by atoms with Crippen LogP contribution in [0.1, 0.15) is 49.4 Å². The van der Waals surface area contributed by atoms with Gasteiger partial charge in [-0.15, -0.1) is 0 Å². The summed E-state index contributed by atoms with van der Waals surface area (Å²) in [5.74, 6) is -2.12. The molecule has 0 bridgehead atoms. The number of amides is 2. The van der Waals surface area contributed by atoms with E-state index in [1.807, 2.05) is 12.1 Å². The van der Waals surface area contributed by atoms with E-state index in [2.05, 4.69) is 15.5 Å². The lowest BCUT2D eigenvalue weighted by Gasteiger charge is -2.28. The topological polar surface area (TPSA) is 74.3 Å². The van der Waals surface area contributed by atoms with Gasteiger partial charge in [0.15, 0.2) is 0 Å². The van der Waals surface area contributed by atoms with Crippen molar-refractivity contribution in [2.24, 2.45) is 5.92 Å². The smallest absolute Gasteiger partial charge is 0.253 e. The van der Waals surface area contributed by atoms with Gasteiger partial charge in [0.25, 0.3) is 5.91 Å². The molecule has 2 amide bonds. The number of alkyl halides is 2. The number of hydrogen-bond donors (Lipinski definition) is 2. The monoisotopic (exact) mass is 464 g/mol. The summed E-state index contributed by atoms with van der Waals surface area (Å²) in [5.41, 5.74) is 0.999. The van der Waals surface area contributed by atoms with Crippen LogP contribution in [0.2, 0.25) is 5.02 Å². The van der Waals surface area contributed by atoms with Crippen molar-refractivity contribution in [2.75, 3.05) is 24.5 Å². The summed E-state index contributed by atoms with van der Waals surface area (Å²) in [4.78, 5) is 31.0. The van der Waals surface area contributed by atoms with Crippen LogP contribution >= 0.6 is 11.6 Å². The highest BCUT2D eigenvalue weighted by molar-refractivity contribution is 6.35. The van der Waals surface area contributed by atoms with Gasteiger partial charge in [-0.1, -0.05) is 11.6 Å². The summed E-state index contributed by atoms with van der Waals surface area (Å²) in [6.45, 7) is 3.33. The normalized spacial score (nSPS) is 21.0. The fourth-order valence-electron chi connectivity index (χ4n) is 4.58. The number of nitrogens with one attached hydrogen (secondary N) is 2. The molecule has 2 fully saturated rings. The second-order valence-corrected chi connectivity index (χ2v) is 9.21. The highest BCUT2D eigenvalue weighted by atomic mass is 35.5. The Bertz CT molecular complexity index is 1020. The lowest BCUT2D eigenvalue weighted by molar-refractivity contribution is -0.119. The number of hydrogen-bond acceptors (Lipinski definition) is 4. The first-order valence-electron chi connectivity index (χ1n) is 11.0. The van der Waals surface area contributed by atoms with Crippen LogP contribution < -0.4 is 15.5 Å². The number of benzene rings is 1. The first-order valence-corrected chi connectivity index (χ1v) is 11.4. The molecule has 1 aromatic heterocycles. The lowest BCUT2D eigenvalue weighted by atomic mass is 9.87. The third kappa shape index (κ3) is 5.11. The number of halogens is 3. The van der Waals surface area contributed by atoms with E-state index in [-0.39, 0.29) is 36.6 Å². The molecular weight excluding hydrogens is 438 g/mol. The number of carbonyl (C=O) groups excluding carboxylic acids is 2. The van der Waals surface area contributed by atoms with Gasteiger partial charge in [-0.2, -0.15) is 0 Å². The van der Waals surface area contributed by atoms with Crippen LogP contribution in [-0.2, 0) is 4.79 Å². The minimum absolute atomic E-state index is 0.0452. The van der Waals surface area contributed by atoms with Crippen LogP contribution in [-0.4, -0.2) is 48.4 Å². The van der Waals surface area contributed by atoms with Crippen LogP contribution in [0.25, 0.3) is 10.9 Å². The number of nitrogens with zero attached hydrogens (tertiary/aromatic N) is 2. The van der Waals surface area contributed by atoms with Gasteiger partial charge in [-0.3, -0.25) is 9.59 Å². The van der Waals surface area contributed by atoms with Crippen molar-refractivity contribution in [3.05, 3.63) is 34.9 Å². The highest BCUT2D eigenvalue weighted by Gasteiger charge is 2.35. The SMILES string of the molecule is CC(=O)NC1CCN(c2ccc3c(C(=O)NCC4CCC(F)(F)CC4)c(Cl)ccc3n2)C1. The Balaban J connectivity index is 1.47. The Morgan fingerprint density at radius 1 is 1.19 bits per heavy atom. The van der Waals surface area contributed by atoms with E-state index in [0.717, 1.165) is 18.8 Å². The van der Waals surface area contributed by atoms with Gasteiger partial charge in [-0.25, -0.2) is 13.8 Å². The third-order valence-corrected chi connectivity index (χ3v) is 6.66. The van der Waals surface area contributed by atoms with Gasteiger partial charge in [0.1, 0.15) is 5.82 Å². The largest absolute Gasteiger partial charge is 0.354 e. The molecule has 1 saturated carbocycles. The minimum atomic E-state index is -2.58. The predicted molar refractivity (Wildman–Crippen MR) is 120 cm³/mol. The summed E-state index contributed by atoms with van der Waals surface area (Å²) < 4.78 is 26.7. The number of aromatic nitrogens is 1. The molecule has 1 aliphatic carbocycles. The molecule has 1 aromatic carbocycles. The number of carbonyl (C=O) groups is 2. The first-order chi connectivity index (χ1) is 15.2. The summed E-state index contributed by atoms with van der Waals surface area (Å²) in [6, 6.07) is 7.22. The van der Waals surface area contributed by atoms with Crippen molar-refractivity contribution in [1.82, 2.24) is 15.6 Å². The second-order valence-electron chi connectivity index (χ2n) is 8.80. The van der Waals surface area contributed by atoms with Gasteiger partial charge in [0.2, 0.25) is 11.8 Å². The van der Waals surface area contributed by atoms with Crippen LogP contribution in [0.5, 0.6) is 0 Å². The molecule has 4 rings (SSSR count). The molecule has 1 aliphatic heterocycles. The molecule has 9 heteroatoms. The van der Waals surface area contributed by atoms with Gasteiger partial charge < -0.3 is 15.5 Å². The zero-order chi connectivity index (χ0) is 22.9. The zero-order valence-electron chi connectivity index (χ0n) is 18.0. The molecule has 172 valence electrons. The van der Waals surface area contributed by atoms with Crippen molar-refractivity contribution in [3.8, 4) is 0 Å². The van der Waals surface area contributed by atoms with E-state index in [1.54, 1.807) is 12.1 Å². The van der Waals surface area contributed by atoms with Crippen LogP contribution in [0, 0.1) is 5.92 Å². The van der Waals surface area contributed by atoms with Gasteiger partial charge in [0.05, 0.1) is 16.1 Å². The maximum absolute atomic E-state index is 13.4. The van der Waals surface area contributed by atoms with Crippen LogP contribution in [0.4, 0.5) is 14.6 Å². The number of anilines is 1. The van der Waals surface area contributed by atoms with E-state index in [1.165, 1.54) is 6.92 Å². The fraction of sp³-hybridized carbons (Fsp3) is 0.522. The average molecular weight is 465 g/mol. The van der Waals surface area contributed by atoms with Gasteiger partial charge in [-0.05, 0) is 49.4 Å². The molecule has 2 aliphatic rings. The molecule has 32 heavy (non-hydrogen) atoms. The Kier molecular flexibility index (Phi) is 6.51. The highest BCUT2D eigenvalue weighted by Crippen LogP contribution is 2.36. The van der Waals surface area contributed by atoms with E-state index >= 15 is 0 Å². The molecule has 6 nitrogen and oxygen atoms in total. The van der Waals surface area contributed by atoms with E-state index in [4.69, 9.17) is 16.6 Å².